The van der Waals surface area contributed by atoms with Gasteiger partial charge in [0, 0.05) is 25.2 Å². The summed E-state index contributed by atoms with van der Waals surface area (Å²) in [7, 11) is 1.74. The van der Waals surface area contributed by atoms with E-state index in [0.717, 1.165) is 17.7 Å². The highest BCUT2D eigenvalue weighted by molar-refractivity contribution is 5.97. The van der Waals surface area contributed by atoms with E-state index in [1.54, 1.807) is 24.1 Å². The number of hydrogen-bond acceptors (Lipinski definition) is 2. The molecule has 88 valence electrons. The maximum absolute atomic E-state index is 12.9. The van der Waals surface area contributed by atoms with Gasteiger partial charge in [0.05, 0.1) is 6.20 Å². The zero-order valence-electron chi connectivity index (χ0n) is 9.15. The first-order chi connectivity index (χ1) is 8.06. The fourth-order valence-electron chi connectivity index (χ4n) is 1.52. The number of halogens is 2. The first kappa shape index (κ1) is 11.4. The van der Waals surface area contributed by atoms with E-state index in [2.05, 4.69) is 5.10 Å². The number of Topliss-reactive ketones (excluding diaryl/α,β-unsaturated/α-hetero) is 1. The number of carbonyl (C=O) groups excluding carboxylic acids is 1. The van der Waals surface area contributed by atoms with Crippen molar-refractivity contribution in [2.24, 2.45) is 7.05 Å². The second kappa shape index (κ2) is 4.45. The lowest BCUT2D eigenvalue weighted by atomic mass is 10.1. The maximum Gasteiger partial charge on any atom is 0.167 e. The molecule has 17 heavy (non-hydrogen) atoms. The summed E-state index contributed by atoms with van der Waals surface area (Å²) in [5, 5.41) is 3.93. The molecule has 0 amide bonds. The third kappa shape index (κ3) is 2.55. The lowest BCUT2D eigenvalue weighted by Crippen LogP contribution is -2.04. The molecule has 5 heteroatoms. The van der Waals surface area contributed by atoms with Crippen LogP contribution in [0.15, 0.2) is 30.6 Å². The maximum atomic E-state index is 12.9. The molecular formula is C12H10F2N2O. The van der Waals surface area contributed by atoms with Crippen LogP contribution >= 0.6 is 0 Å². The molecule has 0 spiro atoms. The van der Waals surface area contributed by atoms with Gasteiger partial charge in [0.25, 0.3) is 0 Å². The Morgan fingerprint density at radius 3 is 2.71 bits per heavy atom. The highest BCUT2D eigenvalue weighted by Crippen LogP contribution is 2.11. The zero-order chi connectivity index (χ0) is 12.4. The molecule has 0 saturated heterocycles. The molecule has 3 nitrogen and oxygen atoms in total. The van der Waals surface area contributed by atoms with Crippen molar-refractivity contribution < 1.29 is 13.6 Å². The fraction of sp³-hybridized carbons (Fsp3) is 0.167. The van der Waals surface area contributed by atoms with Crippen LogP contribution in [0.2, 0.25) is 0 Å². The molecule has 0 aliphatic rings. The molecule has 1 aromatic carbocycles. The lowest BCUT2D eigenvalue weighted by molar-refractivity contribution is 0.0992. The van der Waals surface area contributed by atoms with E-state index in [1.165, 1.54) is 6.07 Å². The van der Waals surface area contributed by atoms with Gasteiger partial charge in [-0.15, -0.1) is 0 Å². The van der Waals surface area contributed by atoms with Gasteiger partial charge in [0.1, 0.15) is 0 Å². The second-order valence-corrected chi connectivity index (χ2v) is 3.75. The number of nitrogens with zero attached hydrogens (tertiary/aromatic N) is 2. The minimum Gasteiger partial charge on any atom is -0.294 e. The van der Waals surface area contributed by atoms with Crippen molar-refractivity contribution in [3.8, 4) is 0 Å². The van der Waals surface area contributed by atoms with Gasteiger partial charge in [-0.3, -0.25) is 9.48 Å². The molecule has 0 N–H and O–H groups in total. The van der Waals surface area contributed by atoms with Crippen LogP contribution in [0.3, 0.4) is 0 Å². The smallest absolute Gasteiger partial charge is 0.167 e. The van der Waals surface area contributed by atoms with Crippen molar-refractivity contribution in [1.82, 2.24) is 9.78 Å². The minimum absolute atomic E-state index is 0.124. The summed E-state index contributed by atoms with van der Waals surface area (Å²) in [5.41, 5.74) is 0.898. The molecule has 0 bridgehead atoms. The van der Waals surface area contributed by atoms with E-state index in [0.29, 0.717) is 0 Å². The van der Waals surface area contributed by atoms with E-state index in [1.807, 2.05) is 0 Å². The van der Waals surface area contributed by atoms with Gasteiger partial charge in [-0.25, -0.2) is 8.78 Å². The second-order valence-electron chi connectivity index (χ2n) is 3.75. The van der Waals surface area contributed by atoms with Crippen LogP contribution in [0.25, 0.3) is 0 Å². The third-order valence-corrected chi connectivity index (χ3v) is 2.36. The normalized spacial score (nSPS) is 10.5. The fourth-order valence-corrected chi connectivity index (χ4v) is 1.52. The average molecular weight is 236 g/mol. The summed E-state index contributed by atoms with van der Waals surface area (Å²) in [6.45, 7) is 0. The van der Waals surface area contributed by atoms with Crippen LogP contribution in [-0.4, -0.2) is 15.6 Å². The van der Waals surface area contributed by atoms with Crippen molar-refractivity contribution >= 4 is 5.78 Å². The van der Waals surface area contributed by atoms with E-state index in [-0.39, 0.29) is 17.8 Å². The molecule has 0 fully saturated rings. The third-order valence-electron chi connectivity index (χ3n) is 2.36. The standard InChI is InChI=1S/C12H10F2N2O/c1-16-7-8(6-15-16)4-12(17)9-2-3-10(13)11(14)5-9/h2-3,5-7H,4H2,1H3. The molecule has 0 saturated carbocycles. The first-order valence-corrected chi connectivity index (χ1v) is 5.02. The molecule has 2 aromatic rings. The van der Waals surface area contributed by atoms with Crippen molar-refractivity contribution in [1.29, 1.82) is 0 Å². The first-order valence-electron chi connectivity index (χ1n) is 5.02. The predicted octanol–water partition coefficient (Wildman–Crippen LogP) is 2.12. The Bertz CT molecular complexity index is 563. The summed E-state index contributed by atoms with van der Waals surface area (Å²) in [5.74, 6) is -2.23. The molecule has 0 radical (unpaired) electrons. The molecule has 0 aliphatic heterocycles. The topological polar surface area (TPSA) is 34.9 Å². The van der Waals surface area contributed by atoms with Gasteiger partial charge >= 0.3 is 0 Å². The van der Waals surface area contributed by atoms with Crippen molar-refractivity contribution in [2.45, 2.75) is 6.42 Å². The van der Waals surface area contributed by atoms with Gasteiger partial charge < -0.3 is 0 Å². The Kier molecular flexibility index (Phi) is 2.99. The zero-order valence-corrected chi connectivity index (χ0v) is 9.15. The minimum atomic E-state index is -1.01. The van der Waals surface area contributed by atoms with E-state index in [9.17, 15) is 13.6 Å². The lowest BCUT2D eigenvalue weighted by Gasteiger charge is -2.00. The Morgan fingerprint density at radius 1 is 1.35 bits per heavy atom. The van der Waals surface area contributed by atoms with Crippen molar-refractivity contribution in [2.75, 3.05) is 0 Å². The number of ketones is 1. The van der Waals surface area contributed by atoms with E-state index in [4.69, 9.17) is 0 Å². The van der Waals surface area contributed by atoms with Crippen LogP contribution in [0.4, 0.5) is 8.78 Å². The van der Waals surface area contributed by atoms with E-state index >= 15 is 0 Å². The number of carbonyl (C=O) groups is 1. The average Bonchev–Trinajstić information content (AvgIpc) is 2.68. The summed E-state index contributed by atoms with van der Waals surface area (Å²) >= 11 is 0. The van der Waals surface area contributed by atoms with Gasteiger partial charge in [-0.1, -0.05) is 0 Å². The van der Waals surface area contributed by atoms with Gasteiger partial charge in [0.2, 0.25) is 0 Å². The molecule has 0 unspecified atom stereocenters. The van der Waals surface area contributed by atoms with Crippen LogP contribution in [0, 0.1) is 11.6 Å². The molecule has 1 aromatic heterocycles. The largest absolute Gasteiger partial charge is 0.294 e. The highest BCUT2D eigenvalue weighted by atomic mass is 19.2. The molecule has 0 aliphatic carbocycles. The molecule has 0 atom stereocenters. The van der Waals surface area contributed by atoms with Gasteiger partial charge in [-0.2, -0.15) is 5.10 Å². The van der Waals surface area contributed by atoms with Crippen LogP contribution in [-0.2, 0) is 13.5 Å². The van der Waals surface area contributed by atoms with Crippen LogP contribution < -0.4 is 0 Å². The number of aryl methyl sites for hydroxylation is 1. The molecule has 1 heterocycles. The Labute approximate surface area is 96.7 Å². The summed E-state index contributed by atoms with van der Waals surface area (Å²) in [6.07, 6.45) is 3.40. The predicted molar refractivity (Wildman–Crippen MR) is 57.6 cm³/mol. The SMILES string of the molecule is Cn1cc(CC(=O)c2ccc(F)c(F)c2)cn1. The Morgan fingerprint density at radius 2 is 2.12 bits per heavy atom. The summed E-state index contributed by atoms with van der Waals surface area (Å²) in [6, 6.07) is 3.14. The Hall–Kier alpha value is -2.04. The summed E-state index contributed by atoms with van der Waals surface area (Å²) in [4.78, 5) is 11.8. The molecular weight excluding hydrogens is 226 g/mol. The highest BCUT2D eigenvalue weighted by Gasteiger charge is 2.11. The monoisotopic (exact) mass is 236 g/mol. The number of hydrogen-bond donors (Lipinski definition) is 0. The van der Waals surface area contributed by atoms with Crippen LogP contribution in [0.1, 0.15) is 15.9 Å². The Balaban J connectivity index is 2.17. The van der Waals surface area contributed by atoms with Crippen LogP contribution in [0.5, 0.6) is 0 Å². The number of rotatable bonds is 3. The summed E-state index contributed by atoms with van der Waals surface area (Å²) < 4.78 is 27.2. The van der Waals surface area contributed by atoms with E-state index < -0.39 is 11.6 Å². The molecule has 2 rings (SSSR count). The number of aromatic nitrogens is 2. The van der Waals surface area contributed by atoms with Gasteiger partial charge in [0.15, 0.2) is 17.4 Å². The van der Waals surface area contributed by atoms with Crippen molar-refractivity contribution in [3.05, 3.63) is 53.4 Å². The van der Waals surface area contributed by atoms with Crippen molar-refractivity contribution in [3.63, 3.8) is 0 Å². The number of benzene rings is 1. The van der Waals surface area contributed by atoms with Gasteiger partial charge in [-0.05, 0) is 23.8 Å². The quantitative estimate of drug-likeness (QED) is 0.765.